The van der Waals surface area contributed by atoms with Gasteiger partial charge in [-0.05, 0) is 41.3 Å². The topological polar surface area (TPSA) is 60.8 Å². The second-order valence-electron chi connectivity index (χ2n) is 5.95. The van der Waals surface area contributed by atoms with E-state index in [0.29, 0.717) is 36.0 Å². The summed E-state index contributed by atoms with van der Waals surface area (Å²) in [4.78, 5) is 12.2. The lowest BCUT2D eigenvalue weighted by molar-refractivity contribution is -0.0235. The smallest absolute Gasteiger partial charge is 0.407 e. The predicted octanol–water partition coefficient (Wildman–Crippen LogP) is 2.94. The molecule has 0 aromatic heterocycles. The summed E-state index contributed by atoms with van der Waals surface area (Å²) in [5.41, 5.74) is -1.09. The van der Waals surface area contributed by atoms with E-state index in [1.807, 2.05) is 0 Å². The van der Waals surface area contributed by atoms with E-state index in [4.69, 9.17) is 5.11 Å². The van der Waals surface area contributed by atoms with E-state index >= 15 is 0 Å². The van der Waals surface area contributed by atoms with Crippen molar-refractivity contribution in [1.29, 1.82) is 0 Å². The molecule has 1 aliphatic heterocycles. The quantitative estimate of drug-likeness (QED) is 0.824. The number of aliphatic hydroxyl groups is 1. The van der Waals surface area contributed by atoms with Gasteiger partial charge in [-0.3, -0.25) is 0 Å². The van der Waals surface area contributed by atoms with E-state index in [-0.39, 0.29) is 5.41 Å². The SMILES string of the molecule is O=C(O)N1CC2(CCC(O)(c3cccc(Br)c3F)C2)C1. The standard InChI is InChI=1S/C14H15BrFNO3/c15-10-3-1-2-9(11(10)16)14(20)5-4-13(6-14)7-17(8-13)12(18)19/h1-3,20H,4-8H2,(H,18,19). The summed E-state index contributed by atoms with van der Waals surface area (Å²) in [6.45, 7) is 0.862. The molecule has 20 heavy (non-hydrogen) atoms. The summed E-state index contributed by atoms with van der Waals surface area (Å²) in [6.07, 6.45) is 0.671. The van der Waals surface area contributed by atoms with Gasteiger partial charge in [-0.1, -0.05) is 12.1 Å². The Morgan fingerprint density at radius 2 is 2.05 bits per heavy atom. The van der Waals surface area contributed by atoms with Crippen LogP contribution in [0.2, 0.25) is 0 Å². The normalized spacial score (nSPS) is 27.6. The zero-order chi connectivity index (χ0) is 14.5. The van der Waals surface area contributed by atoms with Crippen LogP contribution in [0.1, 0.15) is 24.8 Å². The largest absolute Gasteiger partial charge is 0.465 e. The molecule has 2 fully saturated rings. The Balaban J connectivity index is 1.82. The van der Waals surface area contributed by atoms with Crippen LogP contribution in [0.4, 0.5) is 9.18 Å². The van der Waals surface area contributed by atoms with Gasteiger partial charge in [-0.15, -0.1) is 0 Å². The van der Waals surface area contributed by atoms with Crippen molar-refractivity contribution in [2.24, 2.45) is 5.41 Å². The van der Waals surface area contributed by atoms with Crippen LogP contribution in [0.15, 0.2) is 22.7 Å². The fourth-order valence-electron chi connectivity index (χ4n) is 3.53. The Morgan fingerprint density at radius 1 is 1.35 bits per heavy atom. The summed E-state index contributed by atoms with van der Waals surface area (Å²) in [5.74, 6) is -0.429. The van der Waals surface area contributed by atoms with Gasteiger partial charge < -0.3 is 15.1 Å². The van der Waals surface area contributed by atoms with Gasteiger partial charge in [0.15, 0.2) is 0 Å². The third kappa shape index (κ3) is 2.02. The molecule has 1 heterocycles. The fraction of sp³-hybridized carbons (Fsp3) is 0.500. The number of hydrogen-bond acceptors (Lipinski definition) is 2. The minimum absolute atomic E-state index is 0.193. The number of nitrogens with zero attached hydrogens (tertiary/aromatic N) is 1. The fourth-order valence-corrected chi connectivity index (χ4v) is 3.90. The Bertz CT molecular complexity index is 574. The van der Waals surface area contributed by atoms with Crippen molar-refractivity contribution in [3.63, 3.8) is 0 Å². The average molecular weight is 344 g/mol. The van der Waals surface area contributed by atoms with Crippen molar-refractivity contribution in [3.8, 4) is 0 Å². The minimum atomic E-state index is -1.20. The van der Waals surface area contributed by atoms with Crippen molar-refractivity contribution < 1.29 is 19.4 Å². The van der Waals surface area contributed by atoms with Crippen LogP contribution in [-0.4, -0.2) is 34.3 Å². The van der Waals surface area contributed by atoms with Crippen LogP contribution >= 0.6 is 15.9 Å². The first-order chi connectivity index (χ1) is 9.35. The molecule has 1 atom stereocenters. The monoisotopic (exact) mass is 343 g/mol. The third-order valence-corrected chi connectivity index (χ3v) is 5.12. The molecule has 6 heteroatoms. The number of amides is 1. The highest BCUT2D eigenvalue weighted by atomic mass is 79.9. The van der Waals surface area contributed by atoms with Crippen LogP contribution < -0.4 is 0 Å². The summed E-state index contributed by atoms with van der Waals surface area (Å²) in [6, 6.07) is 4.91. The number of likely N-dealkylation sites (tertiary alicyclic amines) is 1. The molecule has 1 saturated carbocycles. The van der Waals surface area contributed by atoms with E-state index in [9.17, 15) is 14.3 Å². The molecule has 1 aliphatic carbocycles. The number of carboxylic acid groups (broad SMARTS) is 1. The van der Waals surface area contributed by atoms with Crippen molar-refractivity contribution in [1.82, 2.24) is 4.90 Å². The lowest BCUT2D eigenvalue weighted by atomic mass is 9.76. The van der Waals surface area contributed by atoms with Crippen LogP contribution in [0.5, 0.6) is 0 Å². The molecule has 1 amide bonds. The maximum atomic E-state index is 14.2. The Labute approximate surface area is 124 Å². The van der Waals surface area contributed by atoms with Crippen molar-refractivity contribution in [2.45, 2.75) is 24.9 Å². The summed E-state index contributed by atoms with van der Waals surface area (Å²) in [5, 5.41) is 19.7. The second-order valence-corrected chi connectivity index (χ2v) is 6.80. The number of hydrogen-bond donors (Lipinski definition) is 2. The van der Waals surface area contributed by atoms with Gasteiger partial charge in [0, 0.05) is 24.1 Å². The molecule has 2 N–H and O–H groups in total. The highest BCUT2D eigenvalue weighted by Gasteiger charge is 2.55. The van der Waals surface area contributed by atoms with Gasteiger partial charge in [0.25, 0.3) is 0 Å². The molecule has 4 nitrogen and oxygen atoms in total. The number of halogens is 2. The van der Waals surface area contributed by atoms with Crippen molar-refractivity contribution in [3.05, 3.63) is 34.1 Å². The molecular formula is C14H15BrFNO3. The number of carbonyl (C=O) groups is 1. The van der Waals surface area contributed by atoms with Crippen molar-refractivity contribution in [2.75, 3.05) is 13.1 Å². The molecule has 3 rings (SSSR count). The Hall–Kier alpha value is -1.14. The summed E-state index contributed by atoms with van der Waals surface area (Å²) < 4.78 is 14.5. The van der Waals surface area contributed by atoms with Crippen LogP contribution in [0.3, 0.4) is 0 Å². The molecule has 1 aromatic carbocycles. The van der Waals surface area contributed by atoms with E-state index in [1.165, 1.54) is 4.90 Å². The van der Waals surface area contributed by atoms with Gasteiger partial charge in [0.05, 0.1) is 10.1 Å². The Morgan fingerprint density at radius 3 is 2.70 bits per heavy atom. The zero-order valence-electron chi connectivity index (χ0n) is 10.8. The van der Waals surface area contributed by atoms with Gasteiger partial charge in [-0.2, -0.15) is 0 Å². The molecule has 1 saturated heterocycles. The third-order valence-electron chi connectivity index (χ3n) is 4.51. The number of benzene rings is 1. The van der Waals surface area contributed by atoms with E-state index in [0.717, 1.165) is 6.42 Å². The Kier molecular flexibility index (Phi) is 3.06. The molecule has 0 radical (unpaired) electrons. The first-order valence-electron chi connectivity index (χ1n) is 6.50. The molecule has 108 valence electrons. The molecule has 1 spiro atoms. The second kappa shape index (κ2) is 4.43. The van der Waals surface area contributed by atoms with Gasteiger partial charge >= 0.3 is 6.09 Å². The molecular weight excluding hydrogens is 329 g/mol. The van der Waals surface area contributed by atoms with Gasteiger partial charge in [0.1, 0.15) is 5.82 Å². The zero-order valence-corrected chi connectivity index (χ0v) is 12.4. The molecule has 1 aromatic rings. The highest BCUT2D eigenvalue weighted by Crippen LogP contribution is 2.54. The summed E-state index contributed by atoms with van der Waals surface area (Å²) >= 11 is 3.13. The lowest BCUT2D eigenvalue weighted by Gasteiger charge is -2.47. The first-order valence-corrected chi connectivity index (χ1v) is 7.29. The molecule has 2 aliphatic rings. The summed E-state index contributed by atoms with van der Waals surface area (Å²) in [7, 11) is 0. The van der Waals surface area contributed by atoms with Crippen LogP contribution in [0.25, 0.3) is 0 Å². The van der Waals surface area contributed by atoms with Crippen LogP contribution in [0, 0.1) is 11.2 Å². The van der Waals surface area contributed by atoms with E-state index < -0.39 is 17.5 Å². The predicted molar refractivity (Wildman–Crippen MR) is 73.9 cm³/mol. The lowest BCUT2D eigenvalue weighted by Crippen LogP contribution is -2.57. The minimum Gasteiger partial charge on any atom is -0.465 e. The highest BCUT2D eigenvalue weighted by molar-refractivity contribution is 9.10. The van der Waals surface area contributed by atoms with E-state index in [2.05, 4.69) is 15.9 Å². The molecule has 0 bridgehead atoms. The molecule has 1 unspecified atom stereocenters. The maximum Gasteiger partial charge on any atom is 0.407 e. The van der Waals surface area contributed by atoms with Crippen molar-refractivity contribution >= 4 is 22.0 Å². The first kappa shape index (κ1) is 13.8. The maximum absolute atomic E-state index is 14.2. The van der Waals surface area contributed by atoms with Gasteiger partial charge in [0.2, 0.25) is 0 Å². The van der Waals surface area contributed by atoms with E-state index in [1.54, 1.807) is 18.2 Å². The average Bonchev–Trinajstić information content (AvgIpc) is 2.70. The number of rotatable bonds is 1. The van der Waals surface area contributed by atoms with Gasteiger partial charge in [-0.25, -0.2) is 9.18 Å². The van der Waals surface area contributed by atoms with Crippen LogP contribution in [-0.2, 0) is 5.60 Å².